The van der Waals surface area contributed by atoms with Crippen LogP contribution in [0.4, 0.5) is 17.2 Å². The van der Waals surface area contributed by atoms with Gasteiger partial charge in [0.2, 0.25) is 0 Å². The summed E-state index contributed by atoms with van der Waals surface area (Å²) in [5.74, 6) is 2.41. The fourth-order valence-corrected chi connectivity index (χ4v) is 4.45. The summed E-state index contributed by atoms with van der Waals surface area (Å²) < 4.78 is 22.3. The number of nitrogens with zero attached hydrogens (tertiary/aromatic N) is 3. The number of rotatable bonds is 11. The number of benzene rings is 3. The molecule has 3 aromatic carbocycles. The molecule has 1 aliphatic rings. The van der Waals surface area contributed by atoms with Crippen molar-refractivity contribution in [3.63, 3.8) is 0 Å². The summed E-state index contributed by atoms with van der Waals surface area (Å²) in [6, 6.07) is 18.1. The number of anilines is 3. The maximum Gasteiger partial charge on any atom is 0.255 e. The average Bonchev–Trinajstić information content (AvgIpc) is 3.00. The van der Waals surface area contributed by atoms with Crippen LogP contribution in [0.3, 0.4) is 0 Å². The number of hydrogen-bond donors (Lipinski definition) is 2. The molecular weight excluding hydrogens is 510 g/mol. The minimum Gasteiger partial charge on any atom is -0.497 e. The van der Waals surface area contributed by atoms with Crippen LogP contribution in [0, 0.1) is 0 Å². The van der Waals surface area contributed by atoms with Crippen molar-refractivity contribution in [2.75, 3.05) is 64.3 Å². The van der Waals surface area contributed by atoms with Gasteiger partial charge >= 0.3 is 0 Å². The van der Waals surface area contributed by atoms with E-state index in [1.807, 2.05) is 36.4 Å². The van der Waals surface area contributed by atoms with E-state index in [-0.39, 0.29) is 5.91 Å². The van der Waals surface area contributed by atoms with Gasteiger partial charge in [-0.25, -0.2) is 9.97 Å². The maximum absolute atomic E-state index is 12.6. The molecule has 0 spiro atoms. The van der Waals surface area contributed by atoms with Crippen molar-refractivity contribution in [3.8, 4) is 17.2 Å². The Morgan fingerprint density at radius 2 is 1.68 bits per heavy atom. The van der Waals surface area contributed by atoms with Crippen LogP contribution in [0.25, 0.3) is 10.9 Å². The molecule has 0 atom stereocenters. The van der Waals surface area contributed by atoms with Gasteiger partial charge in [-0.3, -0.25) is 9.69 Å². The Kier molecular flexibility index (Phi) is 8.89. The lowest BCUT2D eigenvalue weighted by Gasteiger charge is -2.26. The Morgan fingerprint density at radius 1 is 0.925 bits per heavy atom. The second kappa shape index (κ2) is 13.1. The predicted octanol–water partition coefficient (Wildman–Crippen LogP) is 4.74. The number of nitrogens with one attached hydrogen (secondary N) is 2. The molecule has 10 heteroatoms. The molecule has 0 bridgehead atoms. The van der Waals surface area contributed by atoms with Gasteiger partial charge in [-0.05, 0) is 61.0 Å². The van der Waals surface area contributed by atoms with E-state index in [9.17, 15) is 4.79 Å². The molecule has 1 fully saturated rings. The highest BCUT2D eigenvalue weighted by Gasteiger charge is 2.14. The third kappa shape index (κ3) is 6.77. The van der Waals surface area contributed by atoms with Gasteiger partial charge in [-0.15, -0.1) is 0 Å². The van der Waals surface area contributed by atoms with E-state index in [4.69, 9.17) is 18.9 Å². The van der Waals surface area contributed by atoms with Crippen LogP contribution in [0.5, 0.6) is 17.2 Å². The third-order valence-electron chi connectivity index (χ3n) is 6.66. The number of aromatic nitrogens is 2. The Labute approximate surface area is 233 Å². The van der Waals surface area contributed by atoms with E-state index < -0.39 is 0 Å². The Hall–Kier alpha value is -4.41. The quantitative estimate of drug-likeness (QED) is 0.259. The monoisotopic (exact) mass is 543 g/mol. The number of carbonyl (C=O) groups excluding carboxylic acids is 1. The van der Waals surface area contributed by atoms with Crippen molar-refractivity contribution in [2.24, 2.45) is 0 Å². The summed E-state index contributed by atoms with van der Waals surface area (Å²) in [5, 5.41) is 7.05. The van der Waals surface area contributed by atoms with Gasteiger partial charge in [0.25, 0.3) is 5.91 Å². The Balaban J connectivity index is 1.23. The zero-order chi connectivity index (χ0) is 27.7. The van der Waals surface area contributed by atoms with Crippen molar-refractivity contribution in [2.45, 2.75) is 6.42 Å². The highest BCUT2D eigenvalue weighted by Crippen LogP contribution is 2.35. The number of hydrogen-bond acceptors (Lipinski definition) is 9. The molecule has 10 nitrogen and oxygen atoms in total. The molecule has 2 N–H and O–H groups in total. The van der Waals surface area contributed by atoms with Gasteiger partial charge in [0.1, 0.15) is 17.9 Å². The molecule has 2 heterocycles. The van der Waals surface area contributed by atoms with Crippen molar-refractivity contribution in [3.05, 3.63) is 72.6 Å². The third-order valence-corrected chi connectivity index (χ3v) is 6.66. The number of methoxy groups -OCH3 is 2. The smallest absolute Gasteiger partial charge is 0.255 e. The molecule has 1 aliphatic heterocycles. The molecule has 0 saturated carbocycles. The summed E-state index contributed by atoms with van der Waals surface area (Å²) in [6.45, 7) is 5.07. The molecule has 40 heavy (non-hydrogen) atoms. The highest BCUT2D eigenvalue weighted by atomic mass is 16.5. The fraction of sp³-hybridized carbons (Fsp3) is 0.300. The summed E-state index contributed by atoms with van der Waals surface area (Å²) in [5.41, 5.74) is 2.77. The van der Waals surface area contributed by atoms with Crippen LogP contribution in [0.1, 0.15) is 16.8 Å². The van der Waals surface area contributed by atoms with Crippen molar-refractivity contribution < 1.29 is 23.7 Å². The SMILES string of the molecule is COc1ccc(C(=O)Nc2ccc(Nc3ncnc4cc(OCCCN5CCOCC5)c(OC)cc34)cc2)cc1. The minimum absolute atomic E-state index is 0.198. The number of fused-ring (bicyclic) bond motifs is 1. The fourth-order valence-electron chi connectivity index (χ4n) is 4.45. The normalized spacial score (nSPS) is 13.6. The first kappa shape index (κ1) is 27.2. The molecule has 0 radical (unpaired) electrons. The highest BCUT2D eigenvalue weighted by molar-refractivity contribution is 6.04. The second-order valence-electron chi connectivity index (χ2n) is 9.28. The van der Waals surface area contributed by atoms with E-state index in [1.54, 1.807) is 38.5 Å². The zero-order valence-electron chi connectivity index (χ0n) is 22.7. The van der Waals surface area contributed by atoms with Crippen molar-refractivity contribution in [1.82, 2.24) is 14.9 Å². The van der Waals surface area contributed by atoms with Gasteiger partial charge in [-0.1, -0.05) is 0 Å². The topological polar surface area (TPSA) is 107 Å². The standard InChI is InChI=1S/C30H33N5O5/c1-37-24-10-4-21(5-11-24)30(36)34-23-8-6-22(7-9-23)33-29-25-18-27(38-2)28(19-26(25)31-20-32-29)40-15-3-12-35-13-16-39-17-14-35/h4-11,18-20H,3,12-17H2,1-2H3,(H,34,36)(H,31,32,33). The van der Waals surface area contributed by atoms with E-state index in [0.717, 1.165) is 55.9 Å². The Bertz CT molecular complexity index is 1420. The van der Waals surface area contributed by atoms with E-state index >= 15 is 0 Å². The number of amides is 1. The largest absolute Gasteiger partial charge is 0.497 e. The number of morpholine rings is 1. The van der Waals surface area contributed by atoms with E-state index in [2.05, 4.69) is 25.5 Å². The molecule has 1 aromatic heterocycles. The molecule has 4 aromatic rings. The number of ether oxygens (including phenoxy) is 4. The van der Waals surface area contributed by atoms with Crippen molar-refractivity contribution in [1.29, 1.82) is 0 Å². The molecule has 0 aliphatic carbocycles. The van der Waals surface area contributed by atoms with Crippen LogP contribution < -0.4 is 24.8 Å². The first-order valence-corrected chi connectivity index (χ1v) is 13.2. The van der Waals surface area contributed by atoms with Gasteiger partial charge in [-0.2, -0.15) is 0 Å². The molecule has 1 amide bonds. The molecule has 0 unspecified atom stereocenters. The summed E-state index contributed by atoms with van der Waals surface area (Å²) >= 11 is 0. The van der Waals surface area contributed by atoms with E-state index in [0.29, 0.717) is 40.9 Å². The summed E-state index contributed by atoms with van der Waals surface area (Å²) in [6.07, 6.45) is 2.43. The van der Waals surface area contributed by atoms with Gasteiger partial charge in [0.05, 0.1) is 39.6 Å². The molecule has 208 valence electrons. The lowest BCUT2D eigenvalue weighted by molar-refractivity contribution is 0.0357. The Morgan fingerprint density at radius 3 is 2.40 bits per heavy atom. The molecular formula is C30H33N5O5. The van der Waals surface area contributed by atoms with Crippen LogP contribution in [-0.2, 0) is 4.74 Å². The lowest BCUT2D eigenvalue weighted by Crippen LogP contribution is -2.37. The zero-order valence-corrected chi connectivity index (χ0v) is 22.7. The first-order chi connectivity index (χ1) is 19.6. The van der Waals surface area contributed by atoms with Crippen LogP contribution in [0.15, 0.2) is 67.0 Å². The first-order valence-electron chi connectivity index (χ1n) is 13.2. The van der Waals surface area contributed by atoms with Gasteiger partial charge < -0.3 is 29.6 Å². The summed E-state index contributed by atoms with van der Waals surface area (Å²) in [4.78, 5) is 23.8. The number of carbonyl (C=O) groups is 1. The molecule has 1 saturated heterocycles. The van der Waals surface area contributed by atoms with Crippen LogP contribution in [-0.4, -0.2) is 74.4 Å². The van der Waals surface area contributed by atoms with Gasteiger partial charge in [0, 0.05) is 48.0 Å². The van der Waals surface area contributed by atoms with E-state index in [1.165, 1.54) is 6.33 Å². The molecule has 5 rings (SSSR count). The van der Waals surface area contributed by atoms with Gasteiger partial charge in [0.15, 0.2) is 11.5 Å². The van der Waals surface area contributed by atoms with Crippen LogP contribution >= 0.6 is 0 Å². The average molecular weight is 544 g/mol. The van der Waals surface area contributed by atoms with Crippen LogP contribution in [0.2, 0.25) is 0 Å². The van der Waals surface area contributed by atoms with Crippen molar-refractivity contribution >= 4 is 34.0 Å². The maximum atomic E-state index is 12.6. The second-order valence-corrected chi connectivity index (χ2v) is 9.28. The summed E-state index contributed by atoms with van der Waals surface area (Å²) in [7, 11) is 3.21. The lowest BCUT2D eigenvalue weighted by atomic mass is 10.2. The predicted molar refractivity (Wildman–Crippen MR) is 154 cm³/mol. The minimum atomic E-state index is -0.198.